The summed E-state index contributed by atoms with van der Waals surface area (Å²) in [6, 6.07) is 9.45. The quantitative estimate of drug-likeness (QED) is 0.743. The number of halogens is 1. The van der Waals surface area contributed by atoms with Gasteiger partial charge in [0.05, 0.1) is 18.5 Å². The second kappa shape index (κ2) is 6.64. The highest BCUT2D eigenvalue weighted by Crippen LogP contribution is 2.15. The highest BCUT2D eigenvalue weighted by atomic mass is 79.9. The van der Waals surface area contributed by atoms with Gasteiger partial charge in [-0.15, -0.1) is 11.3 Å². The Kier molecular flexibility index (Phi) is 4.58. The number of amides is 1. The first kappa shape index (κ1) is 15.9. The number of carbonyl (C=O) groups is 1. The fraction of sp³-hybridized carbons (Fsp3) is 0.188. The molecule has 0 atom stereocenters. The molecule has 0 spiro atoms. The van der Waals surface area contributed by atoms with Crippen LogP contribution in [-0.2, 0) is 17.8 Å². The van der Waals surface area contributed by atoms with E-state index in [2.05, 4.69) is 25.9 Å². The second-order valence-corrected chi connectivity index (χ2v) is 7.03. The molecule has 3 aromatic rings. The third-order valence-corrected chi connectivity index (χ3v) is 4.88. The molecule has 2 heterocycles. The summed E-state index contributed by atoms with van der Waals surface area (Å²) in [4.78, 5) is 32.9. The van der Waals surface area contributed by atoms with Crippen molar-refractivity contribution in [3.8, 4) is 0 Å². The van der Waals surface area contributed by atoms with Gasteiger partial charge in [-0.25, -0.2) is 4.98 Å². The number of rotatable bonds is 4. The molecule has 0 aliphatic heterocycles. The summed E-state index contributed by atoms with van der Waals surface area (Å²) < 4.78 is 1.59. The summed E-state index contributed by atoms with van der Waals surface area (Å²) in [6.45, 7) is 0.274. The van der Waals surface area contributed by atoms with E-state index in [1.54, 1.807) is 11.9 Å². The zero-order valence-electron chi connectivity index (χ0n) is 12.4. The van der Waals surface area contributed by atoms with E-state index in [0.29, 0.717) is 22.5 Å². The standard InChI is InChI=1S/C16H14BrN3O2S/c1-20(14(21)8-10-2-4-11(17)5-3-10)9-13-18-12-6-7-23-15(12)16(22)19-13/h2-7H,8-9H2,1H3,(H,18,19,22). The Hall–Kier alpha value is -1.99. The number of fused-ring (bicyclic) bond motifs is 1. The van der Waals surface area contributed by atoms with Gasteiger partial charge in [-0.2, -0.15) is 0 Å². The first-order valence-electron chi connectivity index (χ1n) is 6.98. The molecule has 23 heavy (non-hydrogen) atoms. The minimum absolute atomic E-state index is 0.0274. The van der Waals surface area contributed by atoms with Gasteiger partial charge in [-0.05, 0) is 29.1 Å². The summed E-state index contributed by atoms with van der Waals surface area (Å²) >= 11 is 4.73. The Morgan fingerprint density at radius 3 is 2.78 bits per heavy atom. The van der Waals surface area contributed by atoms with Crippen molar-refractivity contribution in [3.63, 3.8) is 0 Å². The summed E-state index contributed by atoms with van der Waals surface area (Å²) in [6.07, 6.45) is 0.314. The minimum Gasteiger partial charge on any atom is -0.338 e. The van der Waals surface area contributed by atoms with Crippen LogP contribution in [0.15, 0.2) is 45.0 Å². The monoisotopic (exact) mass is 391 g/mol. The van der Waals surface area contributed by atoms with Crippen molar-refractivity contribution in [2.75, 3.05) is 7.05 Å². The lowest BCUT2D eigenvalue weighted by molar-refractivity contribution is -0.129. The first-order chi connectivity index (χ1) is 11.0. The molecule has 5 nitrogen and oxygen atoms in total. The molecular formula is C16H14BrN3O2S. The highest BCUT2D eigenvalue weighted by Gasteiger charge is 2.13. The third kappa shape index (κ3) is 3.68. The summed E-state index contributed by atoms with van der Waals surface area (Å²) in [5.74, 6) is 0.466. The normalized spacial score (nSPS) is 10.9. The van der Waals surface area contributed by atoms with Crippen LogP contribution in [0.2, 0.25) is 0 Å². The van der Waals surface area contributed by atoms with E-state index in [9.17, 15) is 9.59 Å². The van der Waals surface area contributed by atoms with E-state index >= 15 is 0 Å². The van der Waals surface area contributed by atoms with Crippen molar-refractivity contribution < 1.29 is 4.79 Å². The van der Waals surface area contributed by atoms with Crippen LogP contribution < -0.4 is 5.56 Å². The topological polar surface area (TPSA) is 66.1 Å². The Bertz CT molecular complexity index is 902. The van der Waals surface area contributed by atoms with Crippen LogP contribution in [0.3, 0.4) is 0 Å². The molecule has 3 rings (SSSR count). The molecule has 0 radical (unpaired) electrons. The lowest BCUT2D eigenvalue weighted by Crippen LogP contribution is -2.29. The number of aromatic nitrogens is 2. The fourth-order valence-corrected chi connectivity index (χ4v) is 3.21. The summed E-state index contributed by atoms with van der Waals surface area (Å²) in [5, 5.41) is 1.83. The Labute approximate surface area is 145 Å². The number of thiophene rings is 1. The van der Waals surface area contributed by atoms with Gasteiger partial charge in [-0.1, -0.05) is 28.1 Å². The molecule has 1 N–H and O–H groups in total. The summed E-state index contributed by atoms with van der Waals surface area (Å²) in [5.41, 5.74) is 1.45. The zero-order chi connectivity index (χ0) is 16.4. The Morgan fingerprint density at radius 1 is 1.30 bits per heavy atom. The maximum Gasteiger partial charge on any atom is 0.268 e. The van der Waals surface area contributed by atoms with E-state index in [4.69, 9.17) is 0 Å². The maximum absolute atomic E-state index is 12.3. The number of benzene rings is 1. The van der Waals surface area contributed by atoms with Crippen molar-refractivity contribution in [2.45, 2.75) is 13.0 Å². The Morgan fingerprint density at radius 2 is 2.04 bits per heavy atom. The number of H-pyrrole nitrogens is 1. The van der Waals surface area contributed by atoms with E-state index in [1.165, 1.54) is 11.3 Å². The van der Waals surface area contributed by atoms with Gasteiger partial charge in [0.15, 0.2) is 0 Å². The first-order valence-corrected chi connectivity index (χ1v) is 8.65. The van der Waals surface area contributed by atoms with Gasteiger partial charge in [0.2, 0.25) is 5.91 Å². The van der Waals surface area contributed by atoms with Crippen LogP contribution in [0.25, 0.3) is 10.2 Å². The van der Waals surface area contributed by atoms with Gasteiger partial charge in [-0.3, -0.25) is 9.59 Å². The van der Waals surface area contributed by atoms with Gasteiger partial charge >= 0.3 is 0 Å². The second-order valence-electron chi connectivity index (χ2n) is 5.20. The number of nitrogens with one attached hydrogen (secondary N) is 1. The lowest BCUT2D eigenvalue weighted by atomic mass is 10.1. The predicted molar refractivity (Wildman–Crippen MR) is 94.6 cm³/mol. The van der Waals surface area contributed by atoms with E-state index < -0.39 is 0 Å². The number of hydrogen-bond acceptors (Lipinski definition) is 4. The smallest absolute Gasteiger partial charge is 0.268 e. The van der Waals surface area contributed by atoms with Crippen LogP contribution in [0, 0.1) is 0 Å². The SMILES string of the molecule is CN(Cc1nc2ccsc2c(=O)[nH]1)C(=O)Cc1ccc(Br)cc1. The maximum atomic E-state index is 12.3. The molecule has 1 amide bonds. The number of carbonyl (C=O) groups excluding carboxylic acids is 1. The predicted octanol–water partition coefficient (Wildman–Crippen LogP) is 2.95. The molecule has 1 aromatic carbocycles. The van der Waals surface area contributed by atoms with Crippen molar-refractivity contribution in [1.29, 1.82) is 0 Å². The van der Waals surface area contributed by atoms with Crippen molar-refractivity contribution in [2.24, 2.45) is 0 Å². The van der Waals surface area contributed by atoms with E-state index in [1.807, 2.05) is 35.7 Å². The highest BCUT2D eigenvalue weighted by molar-refractivity contribution is 9.10. The molecule has 118 valence electrons. The van der Waals surface area contributed by atoms with Crippen LogP contribution in [-0.4, -0.2) is 27.8 Å². The summed E-state index contributed by atoms with van der Waals surface area (Å²) in [7, 11) is 1.71. The molecule has 7 heteroatoms. The number of nitrogens with zero attached hydrogens (tertiary/aromatic N) is 2. The van der Waals surface area contributed by atoms with E-state index in [0.717, 1.165) is 10.0 Å². The molecule has 0 unspecified atom stereocenters. The molecule has 0 saturated carbocycles. The van der Waals surface area contributed by atoms with Gasteiger partial charge in [0.25, 0.3) is 5.56 Å². The molecule has 0 fully saturated rings. The molecule has 0 aliphatic carbocycles. The van der Waals surface area contributed by atoms with Crippen molar-refractivity contribution in [3.05, 3.63) is 61.9 Å². The average Bonchev–Trinajstić information content (AvgIpc) is 2.98. The average molecular weight is 392 g/mol. The lowest BCUT2D eigenvalue weighted by Gasteiger charge is -2.16. The number of aromatic amines is 1. The zero-order valence-corrected chi connectivity index (χ0v) is 14.8. The van der Waals surface area contributed by atoms with Crippen LogP contribution in [0.5, 0.6) is 0 Å². The molecule has 0 saturated heterocycles. The van der Waals surface area contributed by atoms with Crippen LogP contribution in [0.4, 0.5) is 0 Å². The van der Waals surface area contributed by atoms with Crippen molar-refractivity contribution >= 4 is 43.4 Å². The van der Waals surface area contributed by atoms with E-state index in [-0.39, 0.29) is 18.0 Å². The molecular weight excluding hydrogens is 378 g/mol. The van der Waals surface area contributed by atoms with Crippen LogP contribution >= 0.6 is 27.3 Å². The largest absolute Gasteiger partial charge is 0.338 e. The van der Waals surface area contributed by atoms with Gasteiger partial charge in [0.1, 0.15) is 10.5 Å². The molecule has 2 aromatic heterocycles. The molecule has 0 bridgehead atoms. The minimum atomic E-state index is -0.159. The number of hydrogen-bond donors (Lipinski definition) is 1. The van der Waals surface area contributed by atoms with Crippen LogP contribution in [0.1, 0.15) is 11.4 Å². The number of likely N-dealkylation sites (N-methyl/N-ethyl adjacent to an activating group) is 1. The molecule has 0 aliphatic rings. The third-order valence-electron chi connectivity index (χ3n) is 3.45. The van der Waals surface area contributed by atoms with Gasteiger partial charge < -0.3 is 9.88 Å². The Balaban J connectivity index is 1.71. The fourth-order valence-electron chi connectivity index (χ4n) is 2.22. The van der Waals surface area contributed by atoms with Crippen molar-refractivity contribution in [1.82, 2.24) is 14.9 Å². The van der Waals surface area contributed by atoms with Gasteiger partial charge in [0, 0.05) is 11.5 Å².